The van der Waals surface area contributed by atoms with E-state index < -0.39 is 0 Å². The fourth-order valence-corrected chi connectivity index (χ4v) is 1.92. The fourth-order valence-electron chi connectivity index (χ4n) is 1.92. The van der Waals surface area contributed by atoms with Gasteiger partial charge in [0, 0.05) is 12.4 Å². The van der Waals surface area contributed by atoms with Gasteiger partial charge in [0.1, 0.15) is 5.75 Å². The number of pyridine rings is 1. The summed E-state index contributed by atoms with van der Waals surface area (Å²) in [4.78, 5) is 4.13. The first-order chi connectivity index (χ1) is 9.38. The lowest BCUT2D eigenvalue weighted by molar-refractivity contribution is 0.309. The predicted molar refractivity (Wildman–Crippen MR) is 78.5 cm³/mol. The van der Waals surface area contributed by atoms with Gasteiger partial charge in [-0.3, -0.25) is 4.98 Å². The second kappa shape index (κ2) is 7.57. The van der Waals surface area contributed by atoms with E-state index in [9.17, 15) is 0 Å². The monoisotopic (exact) mass is 255 g/mol. The number of hydrogen-bond acceptors (Lipinski definition) is 2. The molecule has 2 aromatic rings. The summed E-state index contributed by atoms with van der Waals surface area (Å²) in [6.45, 7) is 2.98. The van der Waals surface area contributed by atoms with Crippen LogP contribution in [0.5, 0.6) is 5.75 Å². The summed E-state index contributed by atoms with van der Waals surface area (Å²) in [7, 11) is 0. The van der Waals surface area contributed by atoms with E-state index in [4.69, 9.17) is 4.74 Å². The van der Waals surface area contributed by atoms with Gasteiger partial charge in [-0.15, -0.1) is 0 Å². The standard InChI is InChI=1S/C17H21NO/c1-2-3-13-19-17-10-8-15(9-11-17)6-7-16-5-4-12-18-14-16/h4-5,8-12,14H,2-3,6-7,13H2,1H3. The lowest BCUT2D eigenvalue weighted by Crippen LogP contribution is -1.97. The number of nitrogens with zero attached hydrogens (tertiary/aromatic N) is 1. The van der Waals surface area contributed by atoms with Crippen molar-refractivity contribution in [3.63, 3.8) is 0 Å². The van der Waals surface area contributed by atoms with E-state index in [-0.39, 0.29) is 0 Å². The third-order valence-electron chi connectivity index (χ3n) is 3.12. The van der Waals surface area contributed by atoms with Crippen molar-refractivity contribution in [1.82, 2.24) is 4.98 Å². The molecule has 0 radical (unpaired) electrons. The van der Waals surface area contributed by atoms with Gasteiger partial charge >= 0.3 is 0 Å². The molecule has 0 spiro atoms. The Hall–Kier alpha value is -1.83. The Morgan fingerprint density at radius 2 is 1.79 bits per heavy atom. The van der Waals surface area contributed by atoms with Crippen LogP contribution in [-0.4, -0.2) is 11.6 Å². The first-order valence-corrected chi connectivity index (χ1v) is 6.99. The number of unbranched alkanes of at least 4 members (excludes halogenated alkanes) is 1. The van der Waals surface area contributed by atoms with Crippen LogP contribution in [0.2, 0.25) is 0 Å². The first-order valence-electron chi connectivity index (χ1n) is 6.99. The van der Waals surface area contributed by atoms with Gasteiger partial charge in [-0.2, -0.15) is 0 Å². The molecule has 2 heteroatoms. The number of aromatic nitrogens is 1. The Kier molecular flexibility index (Phi) is 5.42. The summed E-state index contributed by atoms with van der Waals surface area (Å²) >= 11 is 0. The highest BCUT2D eigenvalue weighted by atomic mass is 16.5. The summed E-state index contributed by atoms with van der Waals surface area (Å²) < 4.78 is 5.65. The van der Waals surface area contributed by atoms with Crippen molar-refractivity contribution in [3.8, 4) is 5.75 Å². The van der Waals surface area contributed by atoms with Crippen LogP contribution in [0.25, 0.3) is 0 Å². The van der Waals surface area contributed by atoms with Crippen molar-refractivity contribution >= 4 is 0 Å². The number of ether oxygens (including phenoxy) is 1. The summed E-state index contributed by atoms with van der Waals surface area (Å²) in [6.07, 6.45) is 8.10. The molecule has 1 aromatic carbocycles. The molecule has 0 unspecified atom stereocenters. The lowest BCUT2D eigenvalue weighted by atomic mass is 10.1. The summed E-state index contributed by atoms with van der Waals surface area (Å²) in [5.74, 6) is 0.971. The van der Waals surface area contributed by atoms with Gasteiger partial charge in [-0.25, -0.2) is 0 Å². The molecule has 0 saturated carbocycles. The van der Waals surface area contributed by atoms with Gasteiger partial charge in [0.2, 0.25) is 0 Å². The van der Waals surface area contributed by atoms with Crippen LogP contribution in [0.4, 0.5) is 0 Å². The third kappa shape index (κ3) is 4.74. The average Bonchev–Trinajstić information content (AvgIpc) is 2.48. The van der Waals surface area contributed by atoms with Crippen molar-refractivity contribution in [3.05, 3.63) is 59.9 Å². The minimum Gasteiger partial charge on any atom is -0.494 e. The van der Waals surface area contributed by atoms with E-state index in [1.165, 1.54) is 17.5 Å². The maximum atomic E-state index is 5.65. The van der Waals surface area contributed by atoms with Crippen molar-refractivity contribution in [2.24, 2.45) is 0 Å². The van der Waals surface area contributed by atoms with Crippen LogP contribution in [-0.2, 0) is 12.8 Å². The minimum absolute atomic E-state index is 0.811. The summed E-state index contributed by atoms with van der Waals surface area (Å²) in [5, 5.41) is 0. The smallest absolute Gasteiger partial charge is 0.119 e. The van der Waals surface area contributed by atoms with Crippen molar-refractivity contribution in [2.75, 3.05) is 6.61 Å². The van der Waals surface area contributed by atoms with Crippen LogP contribution < -0.4 is 4.74 Å². The molecule has 2 rings (SSSR count). The fraction of sp³-hybridized carbons (Fsp3) is 0.353. The van der Waals surface area contributed by atoms with Crippen LogP contribution in [0.1, 0.15) is 30.9 Å². The molecule has 0 aliphatic carbocycles. The molecule has 0 N–H and O–H groups in total. The van der Waals surface area contributed by atoms with Crippen molar-refractivity contribution < 1.29 is 4.74 Å². The Balaban J connectivity index is 1.81. The Bertz CT molecular complexity index is 464. The van der Waals surface area contributed by atoms with E-state index in [1.807, 2.05) is 18.5 Å². The second-order valence-corrected chi connectivity index (χ2v) is 4.71. The van der Waals surface area contributed by atoms with Crippen molar-refractivity contribution in [1.29, 1.82) is 0 Å². The van der Waals surface area contributed by atoms with Gasteiger partial charge < -0.3 is 4.74 Å². The molecule has 0 aliphatic heterocycles. The number of hydrogen-bond donors (Lipinski definition) is 0. The molecule has 0 amide bonds. The largest absolute Gasteiger partial charge is 0.494 e. The number of benzene rings is 1. The highest BCUT2D eigenvalue weighted by molar-refractivity contribution is 5.28. The molecular formula is C17H21NO. The van der Waals surface area contributed by atoms with E-state index in [1.54, 1.807) is 0 Å². The molecule has 100 valence electrons. The molecule has 0 fully saturated rings. The number of aryl methyl sites for hydroxylation is 2. The average molecular weight is 255 g/mol. The zero-order valence-electron chi connectivity index (χ0n) is 11.5. The minimum atomic E-state index is 0.811. The number of rotatable bonds is 7. The van der Waals surface area contributed by atoms with Crippen LogP contribution >= 0.6 is 0 Å². The van der Waals surface area contributed by atoms with E-state index in [0.717, 1.165) is 31.6 Å². The van der Waals surface area contributed by atoms with E-state index in [2.05, 4.69) is 42.2 Å². The third-order valence-corrected chi connectivity index (χ3v) is 3.12. The van der Waals surface area contributed by atoms with Gasteiger partial charge in [-0.1, -0.05) is 31.5 Å². The summed E-state index contributed by atoms with van der Waals surface area (Å²) in [6, 6.07) is 12.5. The van der Waals surface area contributed by atoms with Crippen LogP contribution in [0.15, 0.2) is 48.8 Å². The normalized spacial score (nSPS) is 10.4. The predicted octanol–water partition coefficient (Wildman–Crippen LogP) is 4.05. The highest BCUT2D eigenvalue weighted by Crippen LogP contribution is 2.14. The molecular weight excluding hydrogens is 234 g/mol. The lowest BCUT2D eigenvalue weighted by Gasteiger charge is -2.06. The van der Waals surface area contributed by atoms with Crippen molar-refractivity contribution in [2.45, 2.75) is 32.6 Å². The van der Waals surface area contributed by atoms with Gasteiger partial charge in [0.15, 0.2) is 0 Å². The first kappa shape index (κ1) is 13.6. The zero-order chi connectivity index (χ0) is 13.3. The van der Waals surface area contributed by atoms with Gasteiger partial charge in [0.25, 0.3) is 0 Å². The highest BCUT2D eigenvalue weighted by Gasteiger charge is 1.97. The Morgan fingerprint density at radius 1 is 1.00 bits per heavy atom. The molecule has 0 bridgehead atoms. The molecule has 1 heterocycles. The quantitative estimate of drug-likeness (QED) is 0.696. The van der Waals surface area contributed by atoms with Gasteiger partial charge in [-0.05, 0) is 48.6 Å². The Labute approximate surface area is 115 Å². The topological polar surface area (TPSA) is 22.1 Å². The Morgan fingerprint density at radius 3 is 2.47 bits per heavy atom. The maximum Gasteiger partial charge on any atom is 0.119 e. The second-order valence-electron chi connectivity index (χ2n) is 4.71. The molecule has 0 aliphatic rings. The SMILES string of the molecule is CCCCOc1ccc(CCc2cccnc2)cc1. The van der Waals surface area contributed by atoms with E-state index >= 15 is 0 Å². The molecule has 2 nitrogen and oxygen atoms in total. The summed E-state index contributed by atoms with van der Waals surface area (Å²) in [5.41, 5.74) is 2.62. The zero-order valence-corrected chi connectivity index (χ0v) is 11.5. The maximum absolute atomic E-state index is 5.65. The molecule has 1 aromatic heterocycles. The molecule has 0 atom stereocenters. The van der Waals surface area contributed by atoms with E-state index in [0.29, 0.717) is 0 Å². The molecule has 0 saturated heterocycles. The van der Waals surface area contributed by atoms with Crippen LogP contribution in [0, 0.1) is 0 Å². The van der Waals surface area contributed by atoms with Gasteiger partial charge in [0.05, 0.1) is 6.61 Å². The molecule has 19 heavy (non-hydrogen) atoms. The van der Waals surface area contributed by atoms with Crippen LogP contribution in [0.3, 0.4) is 0 Å².